The number of alkyl halides is 3. The molecule has 4 heterocycles. The van der Waals surface area contributed by atoms with Gasteiger partial charge in [0.2, 0.25) is 5.91 Å². The van der Waals surface area contributed by atoms with Crippen molar-refractivity contribution in [2.24, 2.45) is 5.92 Å². The standard InChI is InChI=1S/C31H35F3N4O4/c1-30(2,27-9-8-26(42-27)22-10-12-35-13-11-22)38-15-14-37(25(19-38)28(39)36-20-31(32,33)34)18-24-17-23(29(40)41-24)16-21-6-4-3-5-7-21/h3-13,23-25H,14-20H2,1-2H3,(H,36,39)/t23-,24+,25+/m1/s1. The van der Waals surface area contributed by atoms with Crippen LogP contribution in [0.4, 0.5) is 13.2 Å². The number of carbonyl (C=O) groups excluding carboxylic acids is 2. The fourth-order valence-electron chi connectivity index (χ4n) is 5.76. The van der Waals surface area contributed by atoms with Crippen molar-refractivity contribution in [2.45, 2.75) is 50.6 Å². The van der Waals surface area contributed by atoms with E-state index in [0.29, 0.717) is 37.5 Å². The second kappa shape index (κ2) is 12.3. The minimum atomic E-state index is -4.53. The van der Waals surface area contributed by atoms with Gasteiger partial charge in [-0.2, -0.15) is 13.2 Å². The Morgan fingerprint density at radius 3 is 2.50 bits per heavy atom. The van der Waals surface area contributed by atoms with Crippen LogP contribution >= 0.6 is 0 Å². The van der Waals surface area contributed by atoms with Gasteiger partial charge in [-0.15, -0.1) is 0 Å². The highest BCUT2D eigenvalue weighted by Gasteiger charge is 2.43. The number of nitrogens with zero attached hydrogens (tertiary/aromatic N) is 3. The monoisotopic (exact) mass is 584 g/mol. The van der Waals surface area contributed by atoms with Crippen molar-refractivity contribution < 1.29 is 31.9 Å². The minimum absolute atomic E-state index is 0.177. The molecule has 0 spiro atoms. The van der Waals surface area contributed by atoms with E-state index in [1.807, 2.05) is 73.3 Å². The van der Waals surface area contributed by atoms with Gasteiger partial charge in [-0.05, 0) is 56.5 Å². The molecule has 1 aromatic carbocycles. The Hall–Kier alpha value is -3.70. The van der Waals surface area contributed by atoms with Gasteiger partial charge in [-0.25, -0.2) is 0 Å². The first kappa shape index (κ1) is 29.8. The van der Waals surface area contributed by atoms with E-state index in [1.165, 1.54) is 0 Å². The summed E-state index contributed by atoms with van der Waals surface area (Å²) in [5.74, 6) is 0.0421. The Labute approximate surface area is 242 Å². The predicted molar refractivity (Wildman–Crippen MR) is 149 cm³/mol. The highest BCUT2D eigenvalue weighted by Crippen LogP contribution is 2.35. The van der Waals surface area contributed by atoms with Crippen molar-refractivity contribution in [1.82, 2.24) is 20.1 Å². The number of rotatable bonds is 9. The Bertz CT molecular complexity index is 1360. The average molecular weight is 585 g/mol. The van der Waals surface area contributed by atoms with Gasteiger partial charge >= 0.3 is 12.1 Å². The van der Waals surface area contributed by atoms with Crippen LogP contribution in [0.15, 0.2) is 71.4 Å². The van der Waals surface area contributed by atoms with Gasteiger partial charge in [0.1, 0.15) is 30.2 Å². The molecule has 0 radical (unpaired) electrons. The summed E-state index contributed by atoms with van der Waals surface area (Å²) in [6.45, 7) is 3.91. The second-order valence-corrected chi connectivity index (χ2v) is 11.4. The van der Waals surface area contributed by atoms with E-state index in [4.69, 9.17) is 9.15 Å². The maximum atomic E-state index is 13.2. The largest absolute Gasteiger partial charge is 0.461 e. The summed E-state index contributed by atoms with van der Waals surface area (Å²) in [4.78, 5) is 33.7. The molecule has 224 valence electrons. The van der Waals surface area contributed by atoms with Crippen molar-refractivity contribution in [1.29, 1.82) is 0 Å². The van der Waals surface area contributed by atoms with Gasteiger partial charge in [0.15, 0.2) is 0 Å². The molecular weight excluding hydrogens is 549 g/mol. The molecule has 11 heteroatoms. The number of piperazine rings is 1. The lowest BCUT2D eigenvalue weighted by Gasteiger charge is -2.46. The molecule has 5 rings (SSSR count). The van der Waals surface area contributed by atoms with E-state index in [-0.39, 0.29) is 25.0 Å². The van der Waals surface area contributed by atoms with Gasteiger partial charge in [0, 0.05) is 44.1 Å². The van der Waals surface area contributed by atoms with E-state index in [9.17, 15) is 22.8 Å². The fraction of sp³-hybridized carbons (Fsp3) is 0.452. The molecule has 0 saturated carbocycles. The van der Waals surface area contributed by atoms with Crippen molar-refractivity contribution in [3.05, 3.63) is 78.3 Å². The molecule has 8 nitrogen and oxygen atoms in total. The lowest BCUT2D eigenvalue weighted by atomic mass is 9.94. The van der Waals surface area contributed by atoms with Crippen LogP contribution in [0.1, 0.15) is 31.6 Å². The topological polar surface area (TPSA) is 87.9 Å². The third kappa shape index (κ3) is 7.01. The van der Waals surface area contributed by atoms with Gasteiger partial charge < -0.3 is 14.5 Å². The quantitative estimate of drug-likeness (QED) is 0.373. The first-order chi connectivity index (χ1) is 20.0. The van der Waals surface area contributed by atoms with Crippen molar-refractivity contribution in [3.8, 4) is 11.3 Å². The van der Waals surface area contributed by atoms with Crippen LogP contribution in [0.2, 0.25) is 0 Å². The molecule has 1 amide bonds. The molecule has 3 aromatic rings. The highest BCUT2D eigenvalue weighted by molar-refractivity contribution is 5.82. The molecule has 0 aliphatic carbocycles. The summed E-state index contributed by atoms with van der Waals surface area (Å²) in [6.07, 6.45) is -0.581. The first-order valence-corrected chi connectivity index (χ1v) is 14.1. The summed E-state index contributed by atoms with van der Waals surface area (Å²) in [5.41, 5.74) is 1.25. The van der Waals surface area contributed by atoms with Crippen LogP contribution in [0.25, 0.3) is 11.3 Å². The Morgan fingerprint density at radius 1 is 1.05 bits per heavy atom. The lowest BCUT2D eigenvalue weighted by molar-refractivity contribution is -0.148. The highest BCUT2D eigenvalue weighted by atomic mass is 19.4. The van der Waals surface area contributed by atoms with Gasteiger partial charge in [-0.1, -0.05) is 30.3 Å². The summed E-state index contributed by atoms with van der Waals surface area (Å²) in [7, 11) is 0. The second-order valence-electron chi connectivity index (χ2n) is 11.4. The SMILES string of the molecule is CC(C)(c1ccc(-c2ccncc2)o1)N1CCN(C[C@@H]2C[C@@H](Cc3ccccc3)C(=O)O2)[C@H](C(=O)NCC(F)(F)F)C1. The number of carbonyl (C=O) groups is 2. The number of hydrogen-bond donors (Lipinski definition) is 1. The Morgan fingerprint density at radius 2 is 1.79 bits per heavy atom. The maximum absolute atomic E-state index is 13.2. The molecule has 1 N–H and O–H groups in total. The van der Waals surface area contributed by atoms with Crippen molar-refractivity contribution >= 4 is 11.9 Å². The number of hydrogen-bond acceptors (Lipinski definition) is 7. The number of aromatic nitrogens is 1. The number of cyclic esters (lactones) is 1. The van der Waals surface area contributed by atoms with Crippen LogP contribution in [-0.4, -0.2) is 77.7 Å². The van der Waals surface area contributed by atoms with Gasteiger partial charge in [0.25, 0.3) is 0 Å². The molecule has 0 unspecified atom stereocenters. The number of pyridine rings is 1. The zero-order chi connectivity index (χ0) is 29.9. The van der Waals surface area contributed by atoms with E-state index >= 15 is 0 Å². The maximum Gasteiger partial charge on any atom is 0.405 e. The van der Waals surface area contributed by atoms with E-state index in [1.54, 1.807) is 12.4 Å². The zero-order valence-corrected chi connectivity index (χ0v) is 23.6. The van der Waals surface area contributed by atoms with E-state index in [2.05, 4.69) is 15.2 Å². The summed E-state index contributed by atoms with van der Waals surface area (Å²) < 4.78 is 50.8. The number of ether oxygens (including phenoxy) is 1. The smallest absolute Gasteiger partial charge is 0.405 e. The number of amides is 1. The molecule has 2 aromatic heterocycles. The van der Waals surface area contributed by atoms with E-state index < -0.39 is 36.3 Å². The summed E-state index contributed by atoms with van der Waals surface area (Å²) in [5, 5.41) is 2.07. The predicted octanol–water partition coefficient (Wildman–Crippen LogP) is 4.42. The van der Waals surface area contributed by atoms with Crippen LogP contribution in [0.5, 0.6) is 0 Å². The molecule has 2 saturated heterocycles. The average Bonchev–Trinajstić information content (AvgIpc) is 3.60. The van der Waals surface area contributed by atoms with Crippen LogP contribution in [0.3, 0.4) is 0 Å². The Balaban J connectivity index is 1.29. The zero-order valence-electron chi connectivity index (χ0n) is 23.6. The molecule has 42 heavy (non-hydrogen) atoms. The third-order valence-electron chi connectivity index (χ3n) is 8.15. The summed E-state index contributed by atoms with van der Waals surface area (Å²) >= 11 is 0. The number of esters is 1. The molecular formula is C31H35F3N4O4. The van der Waals surface area contributed by atoms with Crippen LogP contribution in [0, 0.1) is 5.92 Å². The number of halogens is 3. The van der Waals surface area contributed by atoms with Crippen LogP contribution < -0.4 is 5.32 Å². The Kier molecular flexibility index (Phi) is 8.70. The molecule has 3 atom stereocenters. The van der Waals surface area contributed by atoms with Gasteiger partial charge in [0.05, 0.1) is 11.5 Å². The van der Waals surface area contributed by atoms with Crippen molar-refractivity contribution in [3.63, 3.8) is 0 Å². The molecule has 2 aliphatic rings. The lowest BCUT2D eigenvalue weighted by Crippen LogP contribution is -2.63. The summed E-state index contributed by atoms with van der Waals surface area (Å²) in [6, 6.07) is 16.2. The third-order valence-corrected chi connectivity index (χ3v) is 8.15. The van der Waals surface area contributed by atoms with E-state index in [0.717, 1.165) is 11.1 Å². The number of benzene rings is 1. The van der Waals surface area contributed by atoms with Crippen molar-refractivity contribution in [2.75, 3.05) is 32.7 Å². The first-order valence-electron chi connectivity index (χ1n) is 14.1. The molecule has 2 aliphatic heterocycles. The number of furan rings is 1. The fourth-order valence-corrected chi connectivity index (χ4v) is 5.76. The minimum Gasteiger partial charge on any atom is -0.461 e. The van der Waals surface area contributed by atoms with Crippen LogP contribution in [-0.2, 0) is 26.3 Å². The molecule has 0 bridgehead atoms. The molecule has 2 fully saturated rings. The number of nitrogens with one attached hydrogen (secondary N) is 1. The van der Waals surface area contributed by atoms with Gasteiger partial charge in [-0.3, -0.25) is 24.4 Å². The normalized spacial score (nSPS) is 22.2.